The molecule has 4 heteroatoms. The van der Waals surface area contributed by atoms with Crippen LogP contribution in [0.2, 0.25) is 0 Å². The first kappa shape index (κ1) is 19.4. The van der Waals surface area contributed by atoms with Crippen molar-refractivity contribution in [2.75, 3.05) is 6.61 Å². The number of carbonyl (C=O) groups is 2. The van der Waals surface area contributed by atoms with Gasteiger partial charge in [-0.15, -0.1) is 0 Å². The number of hydrogen-bond donors (Lipinski definition) is 1. The Balaban J connectivity index is 1.58. The minimum atomic E-state index is -1.33. The molecule has 4 aliphatic carbocycles. The predicted molar refractivity (Wildman–Crippen MR) is 103 cm³/mol. The fourth-order valence-electron chi connectivity index (χ4n) is 8.06. The molecule has 4 saturated carbocycles. The summed E-state index contributed by atoms with van der Waals surface area (Å²) in [5.74, 6) is 1.93. The second-order valence-electron chi connectivity index (χ2n) is 10.5. The summed E-state index contributed by atoms with van der Waals surface area (Å²) in [7, 11) is 0. The van der Waals surface area contributed by atoms with Gasteiger partial charge >= 0.3 is 5.97 Å². The Kier molecular flexibility index (Phi) is 4.73. The van der Waals surface area contributed by atoms with Gasteiger partial charge in [0.25, 0.3) is 0 Å². The second kappa shape index (κ2) is 6.57. The van der Waals surface area contributed by atoms with Crippen LogP contribution in [0.3, 0.4) is 0 Å². The van der Waals surface area contributed by atoms with Crippen molar-refractivity contribution in [3.63, 3.8) is 0 Å². The summed E-state index contributed by atoms with van der Waals surface area (Å²) in [6.07, 6.45) is 11.6. The molecule has 0 bridgehead atoms. The first-order valence-corrected chi connectivity index (χ1v) is 11.1. The Morgan fingerprint density at radius 2 is 1.70 bits per heavy atom. The van der Waals surface area contributed by atoms with Gasteiger partial charge in [0.2, 0.25) is 5.78 Å². The van der Waals surface area contributed by atoms with Crippen LogP contribution in [0.5, 0.6) is 0 Å². The van der Waals surface area contributed by atoms with E-state index in [9.17, 15) is 14.7 Å². The smallest absolute Gasteiger partial charge is 0.303 e. The highest BCUT2D eigenvalue weighted by atomic mass is 16.5. The van der Waals surface area contributed by atoms with Crippen molar-refractivity contribution in [3.8, 4) is 0 Å². The first-order valence-electron chi connectivity index (χ1n) is 11.1. The average molecular weight is 377 g/mol. The molecule has 4 aliphatic rings. The molecule has 0 aliphatic heterocycles. The molecule has 7 atom stereocenters. The van der Waals surface area contributed by atoms with Gasteiger partial charge in [-0.25, -0.2) is 0 Å². The molecule has 0 radical (unpaired) electrons. The molecule has 4 rings (SSSR count). The van der Waals surface area contributed by atoms with E-state index < -0.39 is 11.6 Å². The lowest BCUT2D eigenvalue weighted by Gasteiger charge is -2.61. The van der Waals surface area contributed by atoms with Gasteiger partial charge in [0.1, 0.15) is 5.60 Å². The van der Waals surface area contributed by atoms with Gasteiger partial charge in [0.05, 0.1) is 0 Å². The molecule has 152 valence electrons. The molecule has 0 saturated heterocycles. The Hall–Kier alpha value is -0.900. The molecule has 0 aromatic carbocycles. The van der Waals surface area contributed by atoms with Crippen molar-refractivity contribution in [2.45, 2.75) is 90.6 Å². The Bertz CT molecular complexity index is 630. The number of ether oxygens (including phenoxy) is 1. The summed E-state index contributed by atoms with van der Waals surface area (Å²) < 4.78 is 4.95. The fourth-order valence-corrected chi connectivity index (χ4v) is 8.06. The first-order chi connectivity index (χ1) is 12.7. The van der Waals surface area contributed by atoms with E-state index in [2.05, 4.69) is 13.8 Å². The van der Waals surface area contributed by atoms with E-state index in [1.165, 1.54) is 45.4 Å². The third-order valence-corrected chi connectivity index (χ3v) is 9.60. The van der Waals surface area contributed by atoms with Crippen molar-refractivity contribution < 1.29 is 19.4 Å². The molecule has 0 aromatic rings. The Morgan fingerprint density at radius 3 is 2.44 bits per heavy atom. The van der Waals surface area contributed by atoms with Crippen LogP contribution in [0, 0.1) is 34.5 Å². The van der Waals surface area contributed by atoms with Gasteiger partial charge in [-0.05, 0) is 80.5 Å². The summed E-state index contributed by atoms with van der Waals surface area (Å²) in [5, 5.41) is 11.5. The summed E-state index contributed by atoms with van der Waals surface area (Å²) >= 11 is 0. The van der Waals surface area contributed by atoms with E-state index in [4.69, 9.17) is 4.74 Å². The van der Waals surface area contributed by atoms with Crippen molar-refractivity contribution in [1.82, 2.24) is 0 Å². The van der Waals surface area contributed by atoms with Crippen molar-refractivity contribution >= 4 is 11.8 Å². The van der Waals surface area contributed by atoms with E-state index in [1.807, 2.05) is 0 Å². The summed E-state index contributed by atoms with van der Waals surface area (Å²) in [6.45, 7) is 5.71. The minimum Gasteiger partial charge on any atom is -0.458 e. The molecule has 0 amide bonds. The van der Waals surface area contributed by atoms with Gasteiger partial charge < -0.3 is 9.84 Å². The molecular formula is C23H36O4. The van der Waals surface area contributed by atoms with Gasteiger partial charge in [-0.1, -0.05) is 26.7 Å². The number of aliphatic hydroxyl groups is 1. The Morgan fingerprint density at radius 1 is 0.963 bits per heavy atom. The van der Waals surface area contributed by atoms with E-state index in [0.29, 0.717) is 23.7 Å². The lowest BCUT2D eigenvalue weighted by atomic mass is 9.44. The monoisotopic (exact) mass is 376 g/mol. The molecule has 0 unspecified atom stereocenters. The molecule has 27 heavy (non-hydrogen) atoms. The van der Waals surface area contributed by atoms with Crippen LogP contribution in [0.1, 0.15) is 85.0 Å². The zero-order valence-electron chi connectivity index (χ0n) is 17.3. The largest absolute Gasteiger partial charge is 0.458 e. The van der Waals surface area contributed by atoms with Crippen LogP contribution in [-0.4, -0.2) is 29.1 Å². The van der Waals surface area contributed by atoms with Crippen LogP contribution in [0.4, 0.5) is 0 Å². The fraction of sp³-hybridized carbons (Fsp3) is 0.913. The lowest BCUT2D eigenvalue weighted by Crippen LogP contribution is -2.59. The molecule has 0 aromatic heterocycles. The third-order valence-electron chi connectivity index (χ3n) is 9.60. The maximum absolute atomic E-state index is 12.9. The number of hydrogen-bond acceptors (Lipinski definition) is 4. The maximum atomic E-state index is 12.9. The second-order valence-corrected chi connectivity index (χ2v) is 10.5. The molecule has 4 fully saturated rings. The van der Waals surface area contributed by atoms with Crippen LogP contribution < -0.4 is 0 Å². The van der Waals surface area contributed by atoms with Gasteiger partial charge in [0.15, 0.2) is 6.61 Å². The molecule has 1 N–H and O–H groups in total. The van der Waals surface area contributed by atoms with Crippen molar-refractivity contribution in [3.05, 3.63) is 0 Å². The highest BCUT2D eigenvalue weighted by Gasteiger charge is 2.66. The van der Waals surface area contributed by atoms with Crippen LogP contribution in [0.25, 0.3) is 0 Å². The average Bonchev–Trinajstić information content (AvgIpc) is 2.91. The Labute approximate surface area is 163 Å². The molecular weight excluding hydrogens is 340 g/mol. The number of rotatable bonds is 3. The number of carbonyl (C=O) groups excluding carboxylic acids is 2. The van der Waals surface area contributed by atoms with Gasteiger partial charge in [-0.3, -0.25) is 9.59 Å². The third kappa shape index (κ3) is 2.73. The summed E-state index contributed by atoms with van der Waals surface area (Å²) in [6, 6.07) is 0. The standard InChI is InChI=1S/C23H36O4/c1-15(24)27-14-20(25)23(26)13-10-19-17-8-7-16-6-4-5-11-21(16,2)18(17)9-12-22(19,23)3/h16-19,26H,4-14H2,1-3H3/t16-,17-,18+,19-,21+,22+,23+/m1/s1. The number of esters is 1. The highest BCUT2D eigenvalue weighted by Crippen LogP contribution is 2.68. The highest BCUT2D eigenvalue weighted by molar-refractivity contribution is 5.90. The van der Waals surface area contributed by atoms with Crippen LogP contribution >= 0.6 is 0 Å². The summed E-state index contributed by atoms with van der Waals surface area (Å²) in [4.78, 5) is 24.0. The van der Waals surface area contributed by atoms with Gasteiger partial charge in [0, 0.05) is 12.3 Å². The zero-order chi connectivity index (χ0) is 19.4. The van der Waals surface area contributed by atoms with Gasteiger partial charge in [-0.2, -0.15) is 0 Å². The van der Waals surface area contributed by atoms with E-state index in [1.54, 1.807) is 0 Å². The molecule has 0 spiro atoms. The van der Waals surface area contributed by atoms with E-state index >= 15 is 0 Å². The lowest BCUT2D eigenvalue weighted by molar-refractivity contribution is -0.174. The normalized spacial score (nSPS) is 48.9. The predicted octanol–water partition coefficient (Wildman–Crippen LogP) is 4.28. The van der Waals surface area contributed by atoms with Crippen LogP contribution in [-0.2, 0) is 14.3 Å². The topological polar surface area (TPSA) is 63.6 Å². The number of fused-ring (bicyclic) bond motifs is 5. The minimum absolute atomic E-state index is 0.290. The maximum Gasteiger partial charge on any atom is 0.303 e. The van der Waals surface area contributed by atoms with E-state index in [0.717, 1.165) is 31.1 Å². The van der Waals surface area contributed by atoms with Crippen molar-refractivity contribution in [2.24, 2.45) is 34.5 Å². The SMILES string of the molecule is CC(=O)OCC(=O)[C@@]1(O)CC[C@@H]2[C@@H]3CC[C@H]4CCCC[C@]4(C)[C@H]3CC[C@@]21C. The number of ketones is 1. The zero-order valence-corrected chi connectivity index (χ0v) is 17.3. The van der Waals surface area contributed by atoms with E-state index in [-0.39, 0.29) is 17.8 Å². The molecule has 0 heterocycles. The summed E-state index contributed by atoms with van der Waals surface area (Å²) in [5.41, 5.74) is -1.24. The van der Waals surface area contributed by atoms with Crippen molar-refractivity contribution in [1.29, 1.82) is 0 Å². The van der Waals surface area contributed by atoms with Crippen LogP contribution in [0.15, 0.2) is 0 Å². The molecule has 4 nitrogen and oxygen atoms in total. The quantitative estimate of drug-likeness (QED) is 0.747. The number of Topliss-reactive ketones (excluding diaryl/α,β-unsaturated/α-hetero) is 1.